The van der Waals surface area contributed by atoms with Crippen molar-refractivity contribution in [1.82, 2.24) is 10.3 Å². The number of rotatable bonds is 3. The molecule has 22 heavy (non-hydrogen) atoms. The Morgan fingerprint density at radius 1 is 1.45 bits per heavy atom. The molecule has 2 amide bonds. The highest BCUT2D eigenvalue weighted by Gasteiger charge is 2.43. The summed E-state index contributed by atoms with van der Waals surface area (Å²) in [4.78, 5) is 27.0. The minimum Gasteiger partial charge on any atom is -0.378 e. The molecule has 0 radical (unpaired) electrons. The van der Waals surface area contributed by atoms with Crippen LogP contribution in [-0.4, -0.2) is 35.6 Å². The average Bonchev–Trinajstić information content (AvgIpc) is 2.87. The van der Waals surface area contributed by atoms with Crippen LogP contribution >= 0.6 is 11.6 Å². The van der Waals surface area contributed by atoms with Crippen molar-refractivity contribution >= 4 is 23.4 Å². The highest BCUT2D eigenvalue weighted by Crippen LogP contribution is 2.31. The van der Waals surface area contributed by atoms with Crippen LogP contribution in [0.2, 0.25) is 5.02 Å². The van der Waals surface area contributed by atoms with Crippen LogP contribution in [0.5, 0.6) is 0 Å². The molecule has 0 spiro atoms. The summed E-state index contributed by atoms with van der Waals surface area (Å²) in [6.07, 6.45) is -3.98. The molecule has 0 bridgehead atoms. The Morgan fingerprint density at radius 2 is 2.14 bits per heavy atom. The Balaban J connectivity index is 2.25. The van der Waals surface area contributed by atoms with Gasteiger partial charge < -0.3 is 15.8 Å². The minimum atomic E-state index is -4.63. The SMILES string of the molecule is NC(=O)C1(NC(=O)c2ncc(C(F)(F)F)cc2Cl)CCOC1. The van der Waals surface area contributed by atoms with Gasteiger partial charge in [-0.2, -0.15) is 13.2 Å². The zero-order valence-electron chi connectivity index (χ0n) is 11.0. The van der Waals surface area contributed by atoms with Gasteiger partial charge in [0.05, 0.1) is 17.2 Å². The van der Waals surface area contributed by atoms with Gasteiger partial charge in [0.25, 0.3) is 5.91 Å². The van der Waals surface area contributed by atoms with E-state index in [9.17, 15) is 22.8 Å². The van der Waals surface area contributed by atoms with E-state index in [0.717, 1.165) is 0 Å². The molecule has 0 aliphatic carbocycles. The molecule has 1 fully saturated rings. The number of carbonyl (C=O) groups excluding carboxylic acids is 2. The van der Waals surface area contributed by atoms with Gasteiger partial charge in [-0.1, -0.05) is 11.6 Å². The standard InChI is InChI=1S/C12H11ClF3N3O3/c13-7-3-6(12(14,15)16)4-18-8(7)9(20)19-11(10(17)21)1-2-22-5-11/h3-4H,1-2,5H2,(H2,17,21)(H,19,20). The summed E-state index contributed by atoms with van der Waals surface area (Å²) >= 11 is 5.67. The first-order chi connectivity index (χ1) is 10.2. The number of carbonyl (C=O) groups is 2. The summed E-state index contributed by atoms with van der Waals surface area (Å²) in [6, 6.07) is 0.589. The summed E-state index contributed by atoms with van der Waals surface area (Å²) in [5.41, 5.74) is 2.32. The second-order valence-electron chi connectivity index (χ2n) is 4.76. The summed E-state index contributed by atoms with van der Waals surface area (Å²) in [5.74, 6) is -1.70. The highest BCUT2D eigenvalue weighted by molar-refractivity contribution is 6.33. The molecule has 0 saturated carbocycles. The van der Waals surface area contributed by atoms with Crippen molar-refractivity contribution in [2.45, 2.75) is 18.1 Å². The molecule has 2 heterocycles. The number of hydrogen-bond acceptors (Lipinski definition) is 4. The second kappa shape index (κ2) is 5.73. The maximum atomic E-state index is 12.5. The first-order valence-electron chi connectivity index (χ1n) is 6.09. The number of primary amides is 1. The molecule has 10 heteroatoms. The van der Waals surface area contributed by atoms with E-state index in [4.69, 9.17) is 22.1 Å². The molecule has 1 saturated heterocycles. The van der Waals surface area contributed by atoms with E-state index in [0.29, 0.717) is 12.3 Å². The molecular formula is C12H11ClF3N3O3. The topological polar surface area (TPSA) is 94.3 Å². The van der Waals surface area contributed by atoms with Crippen LogP contribution < -0.4 is 11.1 Å². The van der Waals surface area contributed by atoms with Crippen LogP contribution in [0.15, 0.2) is 12.3 Å². The zero-order chi connectivity index (χ0) is 16.5. The number of ether oxygens (including phenoxy) is 1. The summed E-state index contributed by atoms with van der Waals surface area (Å²) in [7, 11) is 0. The Morgan fingerprint density at radius 3 is 2.59 bits per heavy atom. The molecule has 1 aromatic rings. The number of alkyl halides is 3. The average molecular weight is 338 g/mol. The van der Waals surface area contributed by atoms with Crippen molar-refractivity contribution in [2.75, 3.05) is 13.2 Å². The van der Waals surface area contributed by atoms with Gasteiger partial charge in [-0.05, 0) is 6.07 Å². The van der Waals surface area contributed by atoms with E-state index in [1.807, 2.05) is 0 Å². The largest absolute Gasteiger partial charge is 0.417 e. The molecule has 2 rings (SSSR count). The van der Waals surface area contributed by atoms with Crippen molar-refractivity contribution < 1.29 is 27.5 Å². The quantitative estimate of drug-likeness (QED) is 0.864. The van der Waals surface area contributed by atoms with Crippen molar-refractivity contribution in [1.29, 1.82) is 0 Å². The predicted molar refractivity (Wildman–Crippen MR) is 69.1 cm³/mol. The third kappa shape index (κ3) is 3.14. The first kappa shape index (κ1) is 16.5. The summed E-state index contributed by atoms with van der Waals surface area (Å²) < 4.78 is 42.6. The Kier molecular flexibility index (Phi) is 4.30. The van der Waals surface area contributed by atoms with Gasteiger partial charge in [-0.25, -0.2) is 4.98 Å². The van der Waals surface area contributed by atoms with Gasteiger partial charge in [0.15, 0.2) is 0 Å². The van der Waals surface area contributed by atoms with Crippen molar-refractivity contribution in [3.8, 4) is 0 Å². The molecule has 1 aliphatic rings. The number of halogens is 4. The molecule has 0 aromatic carbocycles. The first-order valence-corrected chi connectivity index (χ1v) is 6.46. The van der Waals surface area contributed by atoms with E-state index < -0.39 is 39.8 Å². The molecule has 120 valence electrons. The van der Waals surface area contributed by atoms with Crippen molar-refractivity contribution in [3.63, 3.8) is 0 Å². The van der Waals surface area contributed by atoms with Crippen molar-refractivity contribution in [2.24, 2.45) is 5.73 Å². The molecule has 1 aromatic heterocycles. The van der Waals surface area contributed by atoms with Crippen LogP contribution in [0, 0.1) is 0 Å². The van der Waals surface area contributed by atoms with Gasteiger partial charge >= 0.3 is 6.18 Å². The van der Waals surface area contributed by atoms with Crippen LogP contribution in [0.3, 0.4) is 0 Å². The molecule has 6 nitrogen and oxygen atoms in total. The minimum absolute atomic E-state index is 0.119. The van der Waals surface area contributed by atoms with E-state index in [1.165, 1.54) is 0 Å². The third-order valence-corrected chi connectivity index (χ3v) is 3.52. The lowest BCUT2D eigenvalue weighted by Crippen LogP contribution is -2.58. The maximum Gasteiger partial charge on any atom is 0.417 e. The number of pyridine rings is 1. The van der Waals surface area contributed by atoms with Gasteiger partial charge in [0.2, 0.25) is 5.91 Å². The summed E-state index contributed by atoms with van der Waals surface area (Å²) in [5, 5.41) is 1.86. The van der Waals surface area contributed by atoms with Crippen LogP contribution in [-0.2, 0) is 15.7 Å². The molecule has 1 aliphatic heterocycles. The number of nitrogens with two attached hydrogens (primary N) is 1. The van der Waals surface area contributed by atoms with Gasteiger partial charge in [-0.15, -0.1) is 0 Å². The maximum absolute atomic E-state index is 12.5. The van der Waals surface area contributed by atoms with E-state index in [2.05, 4.69) is 10.3 Å². The van der Waals surface area contributed by atoms with Gasteiger partial charge in [-0.3, -0.25) is 9.59 Å². The van der Waals surface area contributed by atoms with Crippen LogP contribution in [0.25, 0.3) is 0 Å². The van der Waals surface area contributed by atoms with E-state index in [1.54, 1.807) is 0 Å². The number of amides is 2. The second-order valence-corrected chi connectivity index (χ2v) is 5.16. The number of hydrogen-bond donors (Lipinski definition) is 2. The fraction of sp³-hybridized carbons (Fsp3) is 0.417. The number of nitrogens with one attached hydrogen (secondary N) is 1. The molecule has 3 N–H and O–H groups in total. The number of aromatic nitrogens is 1. The monoisotopic (exact) mass is 337 g/mol. The molecule has 1 unspecified atom stereocenters. The van der Waals surface area contributed by atoms with Gasteiger partial charge in [0.1, 0.15) is 11.2 Å². The van der Waals surface area contributed by atoms with Gasteiger partial charge in [0, 0.05) is 19.2 Å². The van der Waals surface area contributed by atoms with Crippen molar-refractivity contribution in [3.05, 3.63) is 28.5 Å². The zero-order valence-corrected chi connectivity index (χ0v) is 11.8. The Bertz CT molecular complexity index is 615. The predicted octanol–water partition coefficient (Wildman–Crippen LogP) is 1.13. The fourth-order valence-corrected chi connectivity index (χ4v) is 2.21. The van der Waals surface area contributed by atoms with E-state index >= 15 is 0 Å². The van der Waals surface area contributed by atoms with Crippen LogP contribution in [0.1, 0.15) is 22.5 Å². The molecule has 1 atom stereocenters. The number of nitrogens with zero attached hydrogens (tertiary/aromatic N) is 1. The lowest BCUT2D eigenvalue weighted by molar-refractivity contribution is -0.137. The smallest absolute Gasteiger partial charge is 0.378 e. The fourth-order valence-electron chi connectivity index (χ4n) is 1.96. The lowest BCUT2D eigenvalue weighted by atomic mass is 9.97. The summed E-state index contributed by atoms with van der Waals surface area (Å²) in [6.45, 7) is 0.101. The normalized spacial score (nSPS) is 21.6. The highest BCUT2D eigenvalue weighted by atomic mass is 35.5. The van der Waals surface area contributed by atoms with E-state index in [-0.39, 0.29) is 19.6 Å². The Labute approximate surface area is 127 Å². The van der Waals surface area contributed by atoms with Crippen LogP contribution in [0.4, 0.5) is 13.2 Å². The Hall–Kier alpha value is -1.87. The lowest BCUT2D eigenvalue weighted by Gasteiger charge is -2.24. The third-order valence-electron chi connectivity index (χ3n) is 3.23. The molecular weight excluding hydrogens is 327 g/mol.